The molecule has 0 aliphatic heterocycles. The van der Waals surface area contributed by atoms with Gasteiger partial charge >= 0.3 is 8.25 Å². The van der Waals surface area contributed by atoms with E-state index in [0.717, 1.165) is 6.61 Å². The van der Waals surface area contributed by atoms with Crippen molar-refractivity contribution in [2.45, 2.75) is 26.2 Å². The second-order valence-corrected chi connectivity index (χ2v) is 3.43. The predicted octanol–water partition coefficient (Wildman–Crippen LogP) is 0.677. The molecule has 0 saturated carbocycles. The number of unbranched alkanes of at least 4 members (excludes halogenated alkanes) is 2. The Hall–Kier alpha value is -0.230. The molecule has 0 aliphatic carbocycles. The van der Waals surface area contributed by atoms with Crippen LogP contribution in [0.15, 0.2) is 12.7 Å². The molecule has 0 rings (SSSR count). The van der Waals surface area contributed by atoms with Gasteiger partial charge in [-0.25, -0.2) is 0 Å². The lowest BCUT2D eigenvalue weighted by molar-refractivity contribution is 0.158. The molecule has 0 aromatic rings. The number of rotatable bonds is 7. The van der Waals surface area contributed by atoms with Crippen molar-refractivity contribution in [1.82, 2.24) is 0 Å². The van der Waals surface area contributed by atoms with Gasteiger partial charge in [0.05, 0.1) is 13.2 Å². The van der Waals surface area contributed by atoms with Crippen LogP contribution in [0.4, 0.5) is 0 Å². The van der Waals surface area contributed by atoms with Gasteiger partial charge in [0.15, 0.2) is 0 Å². The third-order valence-electron chi connectivity index (χ3n) is 1.26. The van der Waals surface area contributed by atoms with E-state index in [1.165, 1.54) is 19.3 Å². The van der Waals surface area contributed by atoms with Crippen molar-refractivity contribution in [3.05, 3.63) is 12.7 Å². The van der Waals surface area contributed by atoms with Gasteiger partial charge < -0.3 is 25.4 Å². The fourth-order valence-corrected chi connectivity index (χ4v) is 0.621. The van der Waals surface area contributed by atoms with Crippen molar-refractivity contribution in [1.29, 1.82) is 0 Å². The van der Waals surface area contributed by atoms with Gasteiger partial charge in [0.1, 0.15) is 0 Å². The van der Waals surface area contributed by atoms with Crippen LogP contribution in [0.1, 0.15) is 26.2 Å². The largest absolute Gasteiger partial charge is 0.395 e. The van der Waals surface area contributed by atoms with Gasteiger partial charge in [0.2, 0.25) is 0 Å². The first-order valence-corrected chi connectivity index (χ1v) is 6.78. The monoisotopic (exact) mass is 271 g/mol. The van der Waals surface area contributed by atoms with Crippen molar-refractivity contribution >= 4 is 8.25 Å². The molecule has 5 N–H and O–H groups in total. The number of aliphatic hydroxyl groups excluding tert-OH is 1. The number of nitrogens with two attached hydrogens (primary N) is 1. The Labute approximate surface area is 104 Å². The standard InChI is InChI=1S/C8H16O.C2H7NO.H3O3P/c1-3-5-6-8-9-7-4-2;3-1-2-4;1-4(2)3/h4H,2-3,5-8H2,1H3;4H,1-3H2;4H,(H2,1,2,3). The maximum Gasteiger partial charge on any atom is 0.314 e. The van der Waals surface area contributed by atoms with Gasteiger partial charge in [-0.15, -0.1) is 6.58 Å². The summed E-state index contributed by atoms with van der Waals surface area (Å²) < 4.78 is 13.9. The molecule has 0 aromatic heterocycles. The van der Waals surface area contributed by atoms with Crippen LogP contribution < -0.4 is 5.73 Å². The zero-order chi connectivity index (χ0) is 13.9. The smallest absolute Gasteiger partial charge is 0.314 e. The fraction of sp³-hybridized carbons (Fsp3) is 0.800. The zero-order valence-corrected chi connectivity index (χ0v) is 11.5. The minimum absolute atomic E-state index is 0.0972. The van der Waals surface area contributed by atoms with Gasteiger partial charge in [-0.1, -0.05) is 25.8 Å². The first kappa shape index (κ1) is 22.0. The molecule has 7 heteroatoms. The van der Waals surface area contributed by atoms with E-state index >= 15 is 0 Å². The van der Waals surface area contributed by atoms with Crippen molar-refractivity contribution in [2.24, 2.45) is 5.73 Å². The minimum atomic E-state index is -3.13. The SMILES string of the molecule is C=CCOCCCCC.NCCO.O=[PH](O)O. The molecule has 0 spiro atoms. The third-order valence-corrected chi connectivity index (χ3v) is 1.26. The van der Waals surface area contributed by atoms with E-state index in [9.17, 15) is 0 Å². The van der Waals surface area contributed by atoms with Crippen molar-refractivity contribution < 1.29 is 24.2 Å². The highest BCUT2D eigenvalue weighted by molar-refractivity contribution is 7.30. The van der Waals surface area contributed by atoms with Gasteiger partial charge in [0, 0.05) is 13.2 Å². The van der Waals surface area contributed by atoms with Crippen LogP contribution in [0.5, 0.6) is 0 Å². The maximum absolute atomic E-state index is 8.74. The summed E-state index contributed by atoms with van der Waals surface area (Å²) in [5.41, 5.74) is 4.78. The molecule has 6 nitrogen and oxygen atoms in total. The lowest BCUT2D eigenvalue weighted by Crippen LogP contribution is -2.02. The van der Waals surface area contributed by atoms with Crippen molar-refractivity contribution in [3.63, 3.8) is 0 Å². The predicted molar refractivity (Wildman–Crippen MR) is 70.1 cm³/mol. The van der Waals surface area contributed by atoms with Crippen molar-refractivity contribution in [3.8, 4) is 0 Å². The topological polar surface area (TPSA) is 113 Å². The molecule has 0 radical (unpaired) electrons. The van der Waals surface area contributed by atoms with Crippen molar-refractivity contribution in [2.75, 3.05) is 26.4 Å². The summed E-state index contributed by atoms with van der Waals surface area (Å²) in [6.45, 7) is 7.80. The van der Waals surface area contributed by atoms with E-state index in [1.54, 1.807) is 6.08 Å². The van der Waals surface area contributed by atoms with Gasteiger partial charge in [-0.05, 0) is 6.42 Å². The molecule has 0 amide bonds. The molecule has 106 valence electrons. The van der Waals surface area contributed by atoms with Crippen LogP contribution in [0.25, 0.3) is 0 Å². The summed E-state index contributed by atoms with van der Waals surface area (Å²) in [6.07, 6.45) is 5.50. The lowest BCUT2D eigenvalue weighted by atomic mass is 10.3. The van der Waals surface area contributed by atoms with Crippen LogP contribution in [0, 0.1) is 0 Å². The molecular weight excluding hydrogens is 245 g/mol. The maximum atomic E-state index is 8.74. The molecule has 0 aliphatic rings. The molecule has 0 bridgehead atoms. The van der Waals surface area contributed by atoms with E-state index in [-0.39, 0.29) is 6.61 Å². The highest BCUT2D eigenvalue weighted by Crippen LogP contribution is 1.98. The summed E-state index contributed by atoms with van der Waals surface area (Å²) in [5.74, 6) is 0. The summed E-state index contributed by atoms with van der Waals surface area (Å²) in [6, 6.07) is 0. The minimum Gasteiger partial charge on any atom is -0.395 e. The Balaban J connectivity index is -0.000000205. The van der Waals surface area contributed by atoms with Gasteiger partial charge in [0.25, 0.3) is 0 Å². The Morgan fingerprint density at radius 3 is 2.18 bits per heavy atom. The highest BCUT2D eigenvalue weighted by atomic mass is 31.1. The first-order chi connectivity index (χ1) is 8.06. The Kier molecular flexibility index (Phi) is 32.1. The zero-order valence-electron chi connectivity index (χ0n) is 10.5. The second kappa shape index (κ2) is 24.8. The summed E-state index contributed by atoms with van der Waals surface area (Å²) in [7, 11) is -3.13. The van der Waals surface area contributed by atoms with Crippen LogP contribution in [-0.2, 0) is 9.30 Å². The summed E-state index contributed by atoms with van der Waals surface area (Å²) in [4.78, 5) is 14.3. The Morgan fingerprint density at radius 2 is 1.88 bits per heavy atom. The fourth-order valence-electron chi connectivity index (χ4n) is 0.621. The van der Waals surface area contributed by atoms with Crippen LogP contribution in [-0.4, -0.2) is 41.3 Å². The van der Waals surface area contributed by atoms with E-state index in [4.69, 9.17) is 29.9 Å². The lowest BCUT2D eigenvalue weighted by Gasteiger charge is -1.97. The number of hydrogen-bond donors (Lipinski definition) is 4. The first-order valence-electron chi connectivity index (χ1n) is 5.48. The number of hydrogen-bond acceptors (Lipinski definition) is 4. The number of aliphatic hydroxyl groups is 1. The molecule has 0 fully saturated rings. The van der Waals surface area contributed by atoms with Crippen LogP contribution in [0.3, 0.4) is 0 Å². The van der Waals surface area contributed by atoms with Gasteiger partial charge in [-0.2, -0.15) is 0 Å². The molecule has 0 heterocycles. The molecule has 17 heavy (non-hydrogen) atoms. The molecule has 0 saturated heterocycles. The van der Waals surface area contributed by atoms with E-state index in [2.05, 4.69) is 13.5 Å². The molecule has 0 unspecified atom stereocenters. The van der Waals surface area contributed by atoms with E-state index in [1.807, 2.05) is 0 Å². The average Bonchev–Trinajstić information content (AvgIpc) is 2.29. The second-order valence-electron chi connectivity index (χ2n) is 2.87. The third kappa shape index (κ3) is 65.2. The Morgan fingerprint density at radius 1 is 1.41 bits per heavy atom. The van der Waals surface area contributed by atoms with Crippen LogP contribution in [0.2, 0.25) is 0 Å². The average molecular weight is 271 g/mol. The summed E-state index contributed by atoms with van der Waals surface area (Å²) >= 11 is 0. The number of ether oxygens (including phenoxy) is 1. The quantitative estimate of drug-likeness (QED) is 0.307. The normalized spacial score (nSPS) is 8.82. The van der Waals surface area contributed by atoms with Crippen LogP contribution >= 0.6 is 8.25 Å². The highest BCUT2D eigenvalue weighted by Gasteiger charge is 1.83. The Bertz CT molecular complexity index is 152. The summed E-state index contributed by atoms with van der Waals surface area (Å²) in [5, 5.41) is 7.75. The molecule has 0 aromatic carbocycles. The molecule has 0 atom stereocenters. The molecular formula is C10H26NO5P. The van der Waals surface area contributed by atoms with E-state index in [0.29, 0.717) is 13.2 Å². The van der Waals surface area contributed by atoms with Gasteiger partial charge in [-0.3, -0.25) is 4.57 Å². The van der Waals surface area contributed by atoms with E-state index < -0.39 is 8.25 Å².